The van der Waals surface area contributed by atoms with Crippen molar-refractivity contribution < 1.29 is 0 Å². The third-order valence-electron chi connectivity index (χ3n) is 4.33. The summed E-state index contributed by atoms with van der Waals surface area (Å²) in [5.41, 5.74) is 8.69. The molecule has 1 heterocycles. The van der Waals surface area contributed by atoms with Gasteiger partial charge in [-0.25, -0.2) is 4.98 Å². The van der Waals surface area contributed by atoms with Crippen LogP contribution in [-0.4, -0.2) is 4.98 Å². The number of aryl methyl sites for hydroxylation is 4. The van der Waals surface area contributed by atoms with E-state index in [1.54, 1.807) is 0 Å². The minimum absolute atomic E-state index is 1.05. The number of aromatic nitrogens is 1. The van der Waals surface area contributed by atoms with Gasteiger partial charge in [-0.2, -0.15) is 0 Å². The Hall–Kier alpha value is -2.15. The van der Waals surface area contributed by atoms with Crippen molar-refractivity contribution in [3.05, 3.63) is 64.7 Å². The molecule has 0 atom stereocenters. The fourth-order valence-electron chi connectivity index (χ4n) is 2.77. The fourth-order valence-corrected chi connectivity index (χ4v) is 2.77. The Labute approximate surface area is 126 Å². The number of benzene rings is 2. The van der Waals surface area contributed by atoms with Crippen molar-refractivity contribution in [3.8, 4) is 11.3 Å². The highest BCUT2D eigenvalue weighted by atomic mass is 14.7. The van der Waals surface area contributed by atoms with E-state index in [1.165, 1.54) is 33.2 Å². The molecule has 0 saturated carbocycles. The lowest BCUT2D eigenvalue weighted by atomic mass is 10.0. The van der Waals surface area contributed by atoms with E-state index in [-0.39, 0.29) is 0 Å². The molecular formula is C20H21N. The normalized spacial score (nSPS) is 11.0. The van der Waals surface area contributed by atoms with Crippen LogP contribution in [0.25, 0.3) is 22.2 Å². The predicted molar refractivity (Wildman–Crippen MR) is 90.8 cm³/mol. The maximum absolute atomic E-state index is 4.85. The van der Waals surface area contributed by atoms with Crippen LogP contribution in [0.4, 0.5) is 0 Å². The van der Waals surface area contributed by atoms with Gasteiger partial charge in [0.15, 0.2) is 0 Å². The van der Waals surface area contributed by atoms with E-state index < -0.39 is 0 Å². The van der Waals surface area contributed by atoms with E-state index in [0.717, 1.165) is 17.6 Å². The van der Waals surface area contributed by atoms with Crippen LogP contribution >= 0.6 is 0 Å². The minimum atomic E-state index is 1.05. The zero-order chi connectivity index (χ0) is 15.0. The Balaban J connectivity index is 2.14. The SMILES string of the molecule is CCc1cc2ccc(-c3ccc(C)c(C)c3)nc2cc1C. The van der Waals surface area contributed by atoms with Gasteiger partial charge in [-0.05, 0) is 73.7 Å². The molecule has 2 aromatic carbocycles. The summed E-state index contributed by atoms with van der Waals surface area (Å²) < 4.78 is 0. The molecule has 0 aliphatic rings. The van der Waals surface area contributed by atoms with Crippen LogP contribution in [0.15, 0.2) is 42.5 Å². The lowest BCUT2D eigenvalue weighted by Gasteiger charge is -2.09. The highest BCUT2D eigenvalue weighted by Crippen LogP contribution is 2.25. The molecule has 0 bridgehead atoms. The van der Waals surface area contributed by atoms with Crippen molar-refractivity contribution in [3.63, 3.8) is 0 Å². The topological polar surface area (TPSA) is 12.9 Å². The molecule has 0 N–H and O–H groups in total. The molecular weight excluding hydrogens is 254 g/mol. The third kappa shape index (κ3) is 2.56. The lowest BCUT2D eigenvalue weighted by Crippen LogP contribution is -1.91. The van der Waals surface area contributed by atoms with Crippen LogP contribution in [0, 0.1) is 20.8 Å². The Morgan fingerprint density at radius 3 is 2.33 bits per heavy atom. The average Bonchev–Trinajstić information content (AvgIpc) is 2.48. The van der Waals surface area contributed by atoms with E-state index >= 15 is 0 Å². The van der Waals surface area contributed by atoms with Crippen molar-refractivity contribution in [1.82, 2.24) is 4.98 Å². The summed E-state index contributed by atoms with van der Waals surface area (Å²) in [6, 6.07) is 15.3. The van der Waals surface area contributed by atoms with E-state index in [2.05, 4.69) is 70.2 Å². The zero-order valence-electron chi connectivity index (χ0n) is 13.2. The Bertz CT molecular complexity index is 815. The summed E-state index contributed by atoms with van der Waals surface area (Å²) in [5.74, 6) is 0. The van der Waals surface area contributed by atoms with Gasteiger partial charge in [-0.1, -0.05) is 25.1 Å². The largest absolute Gasteiger partial charge is 0.248 e. The van der Waals surface area contributed by atoms with Gasteiger partial charge in [0.05, 0.1) is 11.2 Å². The smallest absolute Gasteiger partial charge is 0.0712 e. The van der Waals surface area contributed by atoms with E-state index in [4.69, 9.17) is 4.98 Å². The van der Waals surface area contributed by atoms with Gasteiger partial charge in [0.25, 0.3) is 0 Å². The van der Waals surface area contributed by atoms with Gasteiger partial charge in [0.2, 0.25) is 0 Å². The maximum atomic E-state index is 4.85. The average molecular weight is 275 g/mol. The van der Waals surface area contributed by atoms with Gasteiger partial charge in [0, 0.05) is 10.9 Å². The van der Waals surface area contributed by atoms with Crippen LogP contribution in [-0.2, 0) is 6.42 Å². The number of rotatable bonds is 2. The van der Waals surface area contributed by atoms with Crippen molar-refractivity contribution in [2.45, 2.75) is 34.1 Å². The summed E-state index contributed by atoms with van der Waals surface area (Å²) in [4.78, 5) is 4.85. The van der Waals surface area contributed by atoms with Crippen molar-refractivity contribution in [2.75, 3.05) is 0 Å². The zero-order valence-corrected chi connectivity index (χ0v) is 13.2. The molecule has 21 heavy (non-hydrogen) atoms. The summed E-state index contributed by atoms with van der Waals surface area (Å²) in [7, 11) is 0. The van der Waals surface area contributed by atoms with Gasteiger partial charge in [-0.15, -0.1) is 0 Å². The molecule has 0 saturated heterocycles. The van der Waals surface area contributed by atoms with Crippen molar-refractivity contribution >= 4 is 10.9 Å². The number of nitrogens with zero attached hydrogens (tertiary/aromatic N) is 1. The quantitative estimate of drug-likeness (QED) is 0.611. The van der Waals surface area contributed by atoms with Crippen LogP contribution in [0.3, 0.4) is 0 Å². The molecule has 1 nitrogen and oxygen atoms in total. The molecule has 0 spiro atoms. The van der Waals surface area contributed by atoms with Gasteiger partial charge in [0.1, 0.15) is 0 Å². The predicted octanol–water partition coefficient (Wildman–Crippen LogP) is 5.39. The first kappa shape index (κ1) is 13.8. The van der Waals surface area contributed by atoms with Gasteiger partial charge < -0.3 is 0 Å². The molecule has 106 valence electrons. The Morgan fingerprint density at radius 2 is 1.62 bits per heavy atom. The van der Waals surface area contributed by atoms with E-state index in [9.17, 15) is 0 Å². The fraction of sp³-hybridized carbons (Fsp3) is 0.250. The first-order chi connectivity index (χ1) is 10.1. The molecule has 1 heteroatoms. The molecule has 0 amide bonds. The van der Waals surface area contributed by atoms with Crippen molar-refractivity contribution in [1.29, 1.82) is 0 Å². The number of hydrogen-bond acceptors (Lipinski definition) is 1. The second-order valence-electron chi connectivity index (χ2n) is 5.82. The first-order valence-electron chi connectivity index (χ1n) is 7.56. The van der Waals surface area contributed by atoms with E-state index in [1.807, 2.05) is 0 Å². The van der Waals surface area contributed by atoms with Gasteiger partial charge >= 0.3 is 0 Å². The molecule has 3 rings (SSSR count). The molecule has 1 aromatic heterocycles. The minimum Gasteiger partial charge on any atom is -0.248 e. The highest BCUT2D eigenvalue weighted by molar-refractivity contribution is 5.83. The first-order valence-corrected chi connectivity index (χ1v) is 7.56. The summed E-state index contributed by atoms with van der Waals surface area (Å²) in [5, 5.41) is 1.23. The molecule has 0 unspecified atom stereocenters. The van der Waals surface area contributed by atoms with Crippen LogP contribution < -0.4 is 0 Å². The molecule has 0 aliphatic carbocycles. The highest BCUT2D eigenvalue weighted by Gasteiger charge is 2.05. The lowest BCUT2D eigenvalue weighted by molar-refractivity contribution is 1.11. The van der Waals surface area contributed by atoms with Gasteiger partial charge in [-0.3, -0.25) is 0 Å². The Morgan fingerprint density at radius 1 is 0.810 bits per heavy atom. The molecule has 0 aliphatic heterocycles. The number of pyridine rings is 1. The van der Waals surface area contributed by atoms with Crippen LogP contribution in [0.2, 0.25) is 0 Å². The molecule has 0 fully saturated rings. The summed E-state index contributed by atoms with van der Waals surface area (Å²) in [6.07, 6.45) is 1.07. The van der Waals surface area contributed by atoms with E-state index in [0.29, 0.717) is 0 Å². The summed E-state index contributed by atoms with van der Waals surface area (Å²) >= 11 is 0. The van der Waals surface area contributed by atoms with Crippen molar-refractivity contribution in [2.24, 2.45) is 0 Å². The second-order valence-corrected chi connectivity index (χ2v) is 5.82. The van der Waals surface area contributed by atoms with Crippen LogP contribution in [0.5, 0.6) is 0 Å². The Kier molecular flexibility index (Phi) is 3.50. The number of hydrogen-bond donors (Lipinski definition) is 0. The summed E-state index contributed by atoms with van der Waals surface area (Å²) in [6.45, 7) is 8.66. The molecule has 0 radical (unpaired) electrons. The maximum Gasteiger partial charge on any atom is 0.0712 e. The number of fused-ring (bicyclic) bond motifs is 1. The standard InChI is InChI=1S/C20H21N/c1-5-16-12-18-8-9-19(21-20(18)11-15(16)4)17-7-6-13(2)14(3)10-17/h6-12H,5H2,1-4H3. The monoisotopic (exact) mass is 275 g/mol. The second kappa shape index (κ2) is 5.33. The molecule has 3 aromatic rings. The van der Waals surface area contributed by atoms with Crippen LogP contribution in [0.1, 0.15) is 29.2 Å². The third-order valence-corrected chi connectivity index (χ3v) is 4.33.